The van der Waals surface area contributed by atoms with Crippen LogP contribution >= 0.6 is 0 Å². The van der Waals surface area contributed by atoms with Gasteiger partial charge in [0, 0.05) is 65.9 Å². The Morgan fingerprint density at radius 3 is 2.62 bits per heavy atom. The van der Waals surface area contributed by atoms with Gasteiger partial charge < -0.3 is 24.8 Å². The number of nitrogens with zero attached hydrogens (tertiary/aromatic N) is 2. The number of halogens is 2. The summed E-state index contributed by atoms with van der Waals surface area (Å²) >= 11 is 0. The van der Waals surface area contributed by atoms with Gasteiger partial charge in [0.2, 0.25) is 0 Å². The highest BCUT2D eigenvalue weighted by Crippen LogP contribution is 2.43. The number of aromatic hydroxyl groups is 1. The van der Waals surface area contributed by atoms with Gasteiger partial charge in [-0.1, -0.05) is 24.3 Å². The normalized spacial score (nSPS) is 21.5. The lowest BCUT2D eigenvalue weighted by molar-refractivity contribution is -0.00896. The van der Waals surface area contributed by atoms with Crippen molar-refractivity contribution < 1.29 is 23.4 Å². The van der Waals surface area contributed by atoms with Gasteiger partial charge in [0.25, 0.3) is 0 Å². The largest absolute Gasteiger partial charge is 0.507 e. The molecule has 2 atom stereocenters. The van der Waals surface area contributed by atoms with Crippen LogP contribution in [0, 0.1) is 11.6 Å². The van der Waals surface area contributed by atoms with E-state index in [1.54, 1.807) is 6.20 Å². The number of ether oxygens (including phenoxy) is 2. The maximum atomic E-state index is 14.4. The number of para-hydroxylation sites is 1. The summed E-state index contributed by atoms with van der Waals surface area (Å²) in [6, 6.07) is 15.6. The zero-order valence-electron chi connectivity index (χ0n) is 21.4. The fourth-order valence-corrected chi connectivity index (χ4v) is 6.12. The Balaban J connectivity index is 1.40. The maximum Gasteiger partial charge on any atom is 0.127 e. The lowest BCUT2D eigenvalue weighted by Crippen LogP contribution is -2.57. The van der Waals surface area contributed by atoms with Gasteiger partial charge in [-0.2, -0.15) is 0 Å². The quantitative estimate of drug-likeness (QED) is 0.377. The molecular formula is C31H29F2N3O3. The standard InChI is InChI=1S/C31H29F2N3O3/c32-21-10-19(11-22(33)13-21)26-14-35-27-5-4-18(23-2-1-3-24(31(23)37)20-16-38-17-20)12-25(27)30(26)36-8-6-28-29(15-36)39-9-7-34-28/h1-5,10-14,20,28-29,34,37H,6-9,15-17H2. The predicted molar refractivity (Wildman–Crippen MR) is 146 cm³/mol. The molecule has 39 heavy (non-hydrogen) atoms. The molecular weight excluding hydrogens is 500 g/mol. The first-order valence-electron chi connectivity index (χ1n) is 13.4. The number of rotatable bonds is 4. The van der Waals surface area contributed by atoms with Crippen molar-refractivity contribution in [2.45, 2.75) is 24.5 Å². The Labute approximate surface area is 225 Å². The Morgan fingerprint density at radius 1 is 0.974 bits per heavy atom. The van der Waals surface area contributed by atoms with Gasteiger partial charge in [-0.3, -0.25) is 4.98 Å². The molecule has 8 heteroatoms. The molecule has 3 fully saturated rings. The van der Waals surface area contributed by atoms with Gasteiger partial charge >= 0.3 is 0 Å². The van der Waals surface area contributed by atoms with Crippen molar-refractivity contribution in [1.82, 2.24) is 10.3 Å². The highest BCUT2D eigenvalue weighted by atomic mass is 19.1. The lowest BCUT2D eigenvalue weighted by Gasteiger charge is -2.43. The van der Waals surface area contributed by atoms with Gasteiger partial charge in [0.1, 0.15) is 17.4 Å². The van der Waals surface area contributed by atoms with E-state index in [-0.39, 0.29) is 23.8 Å². The van der Waals surface area contributed by atoms with Crippen molar-refractivity contribution in [3.63, 3.8) is 0 Å². The third kappa shape index (κ3) is 4.42. The first-order valence-corrected chi connectivity index (χ1v) is 13.4. The smallest absolute Gasteiger partial charge is 0.127 e. The molecule has 200 valence electrons. The second-order valence-electron chi connectivity index (χ2n) is 10.6. The number of phenolic OH excluding ortho intramolecular Hbond substituents is 1. The molecule has 0 bridgehead atoms. The van der Waals surface area contributed by atoms with Gasteiger partial charge in [-0.15, -0.1) is 0 Å². The molecule has 2 unspecified atom stereocenters. The van der Waals surface area contributed by atoms with Crippen molar-refractivity contribution in [3.05, 3.63) is 78.0 Å². The summed E-state index contributed by atoms with van der Waals surface area (Å²) in [4.78, 5) is 6.94. The summed E-state index contributed by atoms with van der Waals surface area (Å²) < 4.78 is 40.2. The Kier molecular flexibility index (Phi) is 6.18. The lowest BCUT2D eigenvalue weighted by atomic mass is 9.91. The molecule has 3 aromatic carbocycles. The number of morpholine rings is 1. The monoisotopic (exact) mass is 529 g/mol. The van der Waals surface area contributed by atoms with Crippen molar-refractivity contribution in [3.8, 4) is 28.0 Å². The van der Waals surface area contributed by atoms with E-state index < -0.39 is 11.6 Å². The molecule has 2 N–H and O–H groups in total. The van der Waals surface area contributed by atoms with Gasteiger partial charge in [-0.05, 0) is 41.8 Å². The van der Waals surface area contributed by atoms with Crippen LogP contribution in [0.15, 0.2) is 60.8 Å². The minimum atomic E-state index is -0.634. The average Bonchev–Trinajstić information content (AvgIpc) is 2.91. The molecule has 0 radical (unpaired) electrons. The maximum absolute atomic E-state index is 14.4. The van der Waals surface area contributed by atoms with E-state index >= 15 is 0 Å². The molecule has 3 aliphatic heterocycles. The number of phenols is 1. The fraction of sp³-hybridized carbons (Fsp3) is 0.323. The summed E-state index contributed by atoms with van der Waals surface area (Å²) in [5, 5.41) is 15.6. The van der Waals surface area contributed by atoms with Gasteiger partial charge in [-0.25, -0.2) is 8.78 Å². The van der Waals surface area contributed by atoms with E-state index in [1.807, 2.05) is 36.4 Å². The van der Waals surface area contributed by atoms with Crippen LogP contribution < -0.4 is 10.2 Å². The highest BCUT2D eigenvalue weighted by molar-refractivity contribution is 6.02. The highest BCUT2D eigenvalue weighted by Gasteiger charge is 2.34. The molecule has 1 aromatic heterocycles. The topological polar surface area (TPSA) is 66.9 Å². The third-order valence-corrected chi connectivity index (χ3v) is 8.19. The van der Waals surface area contributed by atoms with E-state index in [2.05, 4.69) is 15.2 Å². The molecule has 3 aliphatic rings. The van der Waals surface area contributed by atoms with Crippen LogP contribution in [-0.4, -0.2) is 61.7 Å². The fourth-order valence-electron chi connectivity index (χ4n) is 6.12. The zero-order chi connectivity index (χ0) is 26.5. The van der Waals surface area contributed by atoms with Gasteiger partial charge in [0.15, 0.2) is 0 Å². The number of pyridine rings is 1. The molecule has 0 spiro atoms. The van der Waals surface area contributed by atoms with E-state index in [9.17, 15) is 13.9 Å². The third-order valence-electron chi connectivity index (χ3n) is 8.19. The van der Waals surface area contributed by atoms with Crippen LogP contribution in [0.1, 0.15) is 17.9 Å². The summed E-state index contributed by atoms with van der Waals surface area (Å²) in [5.41, 5.74) is 5.17. The van der Waals surface area contributed by atoms with Crippen LogP contribution in [0.25, 0.3) is 33.2 Å². The molecule has 4 aromatic rings. The van der Waals surface area contributed by atoms with Crippen LogP contribution in [0.5, 0.6) is 5.75 Å². The number of hydrogen-bond donors (Lipinski definition) is 2. The van der Waals surface area contributed by atoms with Crippen LogP contribution in [0.4, 0.5) is 14.5 Å². The molecule has 3 saturated heterocycles. The first kappa shape index (κ1) is 24.5. The van der Waals surface area contributed by atoms with Gasteiger partial charge in [0.05, 0.1) is 37.1 Å². The molecule has 0 saturated carbocycles. The Morgan fingerprint density at radius 2 is 1.82 bits per heavy atom. The molecule has 7 rings (SSSR count). The van der Waals surface area contributed by atoms with Crippen molar-refractivity contribution in [2.75, 3.05) is 44.4 Å². The second kappa shape index (κ2) is 9.86. The van der Waals surface area contributed by atoms with Crippen molar-refractivity contribution in [1.29, 1.82) is 0 Å². The summed E-state index contributed by atoms with van der Waals surface area (Å²) in [5.74, 6) is -0.830. The van der Waals surface area contributed by atoms with E-state index in [1.165, 1.54) is 12.1 Å². The number of aromatic nitrogens is 1. The Bertz CT molecular complexity index is 1540. The van der Waals surface area contributed by atoms with Crippen LogP contribution in [-0.2, 0) is 9.47 Å². The number of nitrogens with one attached hydrogen (secondary N) is 1. The van der Waals surface area contributed by atoms with Crippen LogP contribution in [0.3, 0.4) is 0 Å². The molecule has 6 nitrogen and oxygen atoms in total. The number of fused-ring (bicyclic) bond motifs is 2. The minimum Gasteiger partial charge on any atom is -0.507 e. The molecule has 4 heterocycles. The van der Waals surface area contributed by atoms with E-state index in [0.717, 1.165) is 58.9 Å². The Hall–Kier alpha value is -3.59. The molecule has 0 amide bonds. The number of benzene rings is 3. The number of hydrogen-bond acceptors (Lipinski definition) is 6. The van der Waals surface area contributed by atoms with Crippen LogP contribution in [0.2, 0.25) is 0 Å². The summed E-state index contributed by atoms with van der Waals surface area (Å²) in [6.45, 7) is 4.10. The van der Waals surface area contributed by atoms with Crippen molar-refractivity contribution in [2.24, 2.45) is 0 Å². The summed E-state index contributed by atoms with van der Waals surface area (Å²) in [7, 11) is 0. The predicted octanol–water partition coefficient (Wildman–Crippen LogP) is 5.23. The van der Waals surface area contributed by atoms with E-state index in [0.29, 0.717) is 37.5 Å². The van der Waals surface area contributed by atoms with E-state index in [4.69, 9.17) is 9.47 Å². The number of anilines is 1. The average molecular weight is 530 g/mol. The SMILES string of the molecule is Oc1c(-c2ccc3ncc(-c4cc(F)cc(F)c4)c(N4CCC5NCCOC5C4)c3c2)cccc1C1COC1. The first-order chi connectivity index (χ1) is 19.0. The molecule has 0 aliphatic carbocycles. The number of piperidine rings is 1. The zero-order valence-corrected chi connectivity index (χ0v) is 21.4. The second-order valence-corrected chi connectivity index (χ2v) is 10.6. The minimum absolute atomic E-state index is 0.0152. The summed E-state index contributed by atoms with van der Waals surface area (Å²) in [6.07, 6.45) is 2.60. The van der Waals surface area contributed by atoms with Crippen molar-refractivity contribution >= 4 is 16.6 Å².